The maximum atomic E-state index is 10.4. The predicted molar refractivity (Wildman–Crippen MR) is 104 cm³/mol. The zero-order chi connectivity index (χ0) is 19.4. The summed E-state index contributed by atoms with van der Waals surface area (Å²) in [4.78, 5) is 15.6. The smallest absolute Gasteiger partial charge is 0.249 e. The molecule has 2 atom stereocenters. The Balaban J connectivity index is 1.42. The molecule has 0 bridgehead atoms. The number of aliphatic hydroxyl groups is 1. The molecule has 1 aliphatic heterocycles. The molecular weight excluding hydrogens is 370 g/mol. The molecule has 0 unspecified atom stereocenters. The van der Waals surface area contributed by atoms with Crippen LogP contribution in [0.15, 0.2) is 47.4 Å². The first-order valence-electron chi connectivity index (χ1n) is 9.80. The third kappa shape index (κ3) is 2.77. The lowest BCUT2D eigenvalue weighted by Crippen LogP contribution is -2.25. The molecule has 1 saturated heterocycles. The summed E-state index contributed by atoms with van der Waals surface area (Å²) in [6, 6.07) is 9.63. The average molecular weight is 389 g/mol. The van der Waals surface area contributed by atoms with E-state index in [0.717, 1.165) is 29.7 Å². The normalized spacial score (nSPS) is 21.9. The highest BCUT2D eigenvalue weighted by Gasteiger charge is 2.39. The van der Waals surface area contributed by atoms with Crippen LogP contribution in [-0.2, 0) is 0 Å². The van der Waals surface area contributed by atoms with Gasteiger partial charge in [0.25, 0.3) is 0 Å². The van der Waals surface area contributed by atoms with Crippen LogP contribution in [0.1, 0.15) is 42.9 Å². The second kappa shape index (κ2) is 6.35. The molecule has 0 radical (unpaired) electrons. The van der Waals surface area contributed by atoms with Crippen molar-refractivity contribution >= 4 is 16.9 Å². The second-order valence-corrected chi connectivity index (χ2v) is 7.65. The van der Waals surface area contributed by atoms with Crippen LogP contribution in [0.3, 0.4) is 0 Å². The van der Waals surface area contributed by atoms with Crippen molar-refractivity contribution in [2.75, 3.05) is 11.4 Å². The fraction of sp³-hybridized carbons (Fsp3) is 0.350. The van der Waals surface area contributed by atoms with Crippen LogP contribution in [0, 0.1) is 0 Å². The minimum atomic E-state index is -0.495. The first kappa shape index (κ1) is 16.6. The topological polar surface area (TPSA) is 106 Å². The Hall–Kier alpha value is -3.33. The van der Waals surface area contributed by atoms with Crippen LogP contribution in [0.2, 0.25) is 0 Å². The summed E-state index contributed by atoms with van der Waals surface area (Å²) in [5.74, 6) is 2.43. The molecule has 29 heavy (non-hydrogen) atoms. The van der Waals surface area contributed by atoms with Gasteiger partial charge in [-0.2, -0.15) is 10.1 Å². The molecule has 146 valence electrons. The Morgan fingerprint density at radius 2 is 1.97 bits per heavy atom. The van der Waals surface area contributed by atoms with E-state index in [2.05, 4.69) is 25.2 Å². The predicted octanol–water partition coefficient (Wildman–Crippen LogP) is 2.39. The fourth-order valence-electron chi connectivity index (χ4n) is 3.99. The summed E-state index contributed by atoms with van der Waals surface area (Å²) in [6.45, 7) is 0.439. The number of fused-ring (bicyclic) bond motifs is 1. The summed E-state index contributed by atoms with van der Waals surface area (Å²) >= 11 is 0. The summed E-state index contributed by atoms with van der Waals surface area (Å²) in [6.07, 6.45) is 5.55. The lowest BCUT2D eigenvalue weighted by molar-refractivity contribution is 0.191. The third-order valence-corrected chi connectivity index (χ3v) is 5.58. The zero-order valence-electron chi connectivity index (χ0n) is 15.6. The minimum Gasteiger partial charge on any atom is -0.391 e. The van der Waals surface area contributed by atoms with E-state index in [9.17, 15) is 5.11 Å². The average Bonchev–Trinajstić information content (AvgIpc) is 3.15. The highest BCUT2D eigenvalue weighted by molar-refractivity contribution is 5.88. The van der Waals surface area contributed by atoms with Gasteiger partial charge in [-0.15, -0.1) is 0 Å². The van der Waals surface area contributed by atoms with Gasteiger partial charge in [0.05, 0.1) is 23.4 Å². The van der Waals surface area contributed by atoms with Gasteiger partial charge in [0, 0.05) is 18.9 Å². The number of hydrogen-bond donors (Lipinski definition) is 1. The van der Waals surface area contributed by atoms with Crippen molar-refractivity contribution in [3.63, 3.8) is 0 Å². The SMILES string of the molecule is O[C@@H]1C[C@@H](c2nc(C3CC3)no2)N(c2ncnc3c2cnn3-c2ccccc2)C1. The van der Waals surface area contributed by atoms with E-state index in [1.165, 1.54) is 6.33 Å². The summed E-state index contributed by atoms with van der Waals surface area (Å²) < 4.78 is 7.35. The monoisotopic (exact) mass is 389 g/mol. The Bertz CT molecular complexity index is 1170. The quantitative estimate of drug-likeness (QED) is 0.567. The van der Waals surface area contributed by atoms with Crippen molar-refractivity contribution in [1.29, 1.82) is 0 Å². The molecule has 1 saturated carbocycles. The molecule has 9 heteroatoms. The summed E-state index contributed by atoms with van der Waals surface area (Å²) in [5, 5.41) is 19.9. The van der Waals surface area contributed by atoms with E-state index in [4.69, 9.17) is 4.52 Å². The van der Waals surface area contributed by atoms with Gasteiger partial charge in [0.2, 0.25) is 5.89 Å². The zero-order valence-corrected chi connectivity index (χ0v) is 15.6. The maximum absolute atomic E-state index is 10.4. The van der Waals surface area contributed by atoms with Crippen molar-refractivity contribution in [2.45, 2.75) is 37.3 Å². The Morgan fingerprint density at radius 3 is 2.79 bits per heavy atom. The van der Waals surface area contributed by atoms with Gasteiger partial charge in [0.1, 0.15) is 18.2 Å². The number of anilines is 1. The number of para-hydroxylation sites is 1. The van der Waals surface area contributed by atoms with Crippen LogP contribution in [0.4, 0.5) is 5.82 Å². The molecule has 2 fully saturated rings. The molecule has 0 amide bonds. The van der Waals surface area contributed by atoms with Gasteiger partial charge in [0.15, 0.2) is 11.5 Å². The fourth-order valence-corrected chi connectivity index (χ4v) is 3.99. The van der Waals surface area contributed by atoms with Crippen LogP contribution >= 0.6 is 0 Å². The molecule has 1 aromatic carbocycles. The molecule has 9 nitrogen and oxygen atoms in total. The van der Waals surface area contributed by atoms with Gasteiger partial charge in [-0.1, -0.05) is 23.4 Å². The number of benzene rings is 1. The highest BCUT2D eigenvalue weighted by atomic mass is 16.5. The largest absolute Gasteiger partial charge is 0.391 e. The van der Waals surface area contributed by atoms with Crippen molar-refractivity contribution in [3.8, 4) is 5.69 Å². The Labute approximate surface area is 166 Å². The van der Waals surface area contributed by atoms with Gasteiger partial charge in [-0.3, -0.25) is 0 Å². The first-order valence-corrected chi connectivity index (χ1v) is 9.80. The summed E-state index contributed by atoms with van der Waals surface area (Å²) in [5.41, 5.74) is 1.64. The lowest BCUT2D eigenvalue weighted by atomic mass is 10.2. The van der Waals surface area contributed by atoms with E-state index in [-0.39, 0.29) is 6.04 Å². The van der Waals surface area contributed by atoms with Crippen molar-refractivity contribution < 1.29 is 9.63 Å². The third-order valence-electron chi connectivity index (χ3n) is 5.58. The van der Waals surface area contributed by atoms with Gasteiger partial charge in [-0.25, -0.2) is 14.6 Å². The number of rotatable bonds is 4. The molecule has 1 N–H and O–H groups in total. The van der Waals surface area contributed by atoms with E-state index in [0.29, 0.717) is 36.2 Å². The number of aliphatic hydroxyl groups excluding tert-OH is 1. The second-order valence-electron chi connectivity index (χ2n) is 7.65. The van der Waals surface area contributed by atoms with Gasteiger partial charge < -0.3 is 14.5 Å². The van der Waals surface area contributed by atoms with Crippen LogP contribution < -0.4 is 4.90 Å². The van der Waals surface area contributed by atoms with Crippen LogP contribution in [-0.4, -0.2) is 47.6 Å². The standard InChI is InChI=1S/C20H19N7O2/c28-14-8-16(20-24-17(25-29-20)12-6-7-12)26(10-14)18-15-9-23-27(19(15)22-11-21-18)13-4-2-1-3-5-13/h1-5,9,11-12,14,16,28H,6-8,10H2/t14-,16+/m1/s1. The van der Waals surface area contributed by atoms with Gasteiger partial charge in [-0.05, 0) is 25.0 Å². The first-order chi connectivity index (χ1) is 14.3. The molecule has 4 aromatic rings. The molecular formula is C20H19N7O2. The highest BCUT2D eigenvalue weighted by Crippen LogP contribution is 2.41. The Kier molecular flexibility index (Phi) is 3.63. The maximum Gasteiger partial charge on any atom is 0.249 e. The van der Waals surface area contributed by atoms with E-state index < -0.39 is 6.10 Å². The van der Waals surface area contributed by atoms with E-state index >= 15 is 0 Å². The molecule has 6 rings (SSSR count). The molecule has 3 aromatic heterocycles. The number of nitrogens with zero attached hydrogens (tertiary/aromatic N) is 7. The Morgan fingerprint density at radius 1 is 1.10 bits per heavy atom. The minimum absolute atomic E-state index is 0.219. The number of hydrogen-bond acceptors (Lipinski definition) is 8. The van der Waals surface area contributed by atoms with Crippen LogP contribution in [0.25, 0.3) is 16.7 Å². The van der Waals surface area contributed by atoms with Crippen molar-refractivity contribution in [1.82, 2.24) is 29.9 Å². The number of aromatic nitrogens is 6. The molecule has 1 aliphatic carbocycles. The molecule has 2 aliphatic rings. The van der Waals surface area contributed by atoms with E-state index in [1.807, 2.05) is 35.2 Å². The number of β-amino-alcohol motifs (C(OH)–C–C–N with tert-alkyl or cyclic N) is 1. The lowest BCUT2D eigenvalue weighted by Gasteiger charge is -2.22. The van der Waals surface area contributed by atoms with Crippen molar-refractivity contribution in [2.24, 2.45) is 0 Å². The van der Waals surface area contributed by atoms with Crippen molar-refractivity contribution in [3.05, 3.63) is 54.6 Å². The van der Waals surface area contributed by atoms with Crippen LogP contribution in [0.5, 0.6) is 0 Å². The van der Waals surface area contributed by atoms with Gasteiger partial charge >= 0.3 is 0 Å². The van der Waals surface area contributed by atoms with E-state index in [1.54, 1.807) is 10.9 Å². The molecule has 0 spiro atoms. The molecule has 4 heterocycles. The summed E-state index contributed by atoms with van der Waals surface area (Å²) in [7, 11) is 0.